The molecule has 0 bridgehead atoms. The minimum Gasteiger partial charge on any atom is -0.369 e. The summed E-state index contributed by atoms with van der Waals surface area (Å²) in [5.41, 5.74) is 1.03. The number of piperidine rings is 1. The van der Waals surface area contributed by atoms with Crippen LogP contribution in [0.3, 0.4) is 0 Å². The first-order valence-electron chi connectivity index (χ1n) is 9.75. The molecule has 0 saturated carbocycles. The maximum atomic E-state index is 12.5. The van der Waals surface area contributed by atoms with Crippen LogP contribution in [0.2, 0.25) is 0 Å². The van der Waals surface area contributed by atoms with E-state index in [1.54, 1.807) is 19.9 Å². The largest absolute Gasteiger partial charge is 0.369 e. The van der Waals surface area contributed by atoms with Crippen LogP contribution >= 0.6 is 30.3 Å². The lowest BCUT2D eigenvalue weighted by atomic mass is 9.97. The van der Waals surface area contributed by atoms with Crippen molar-refractivity contribution in [3.63, 3.8) is 0 Å². The highest BCUT2D eigenvalue weighted by Gasteiger charge is 2.25. The first-order valence-corrected chi connectivity index (χ1v) is 14.6. The van der Waals surface area contributed by atoms with Gasteiger partial charge in [0, 0.05) is 72.7 Å². The summed E-state index contributed by atoms with van der Waals surface area (Å²) >= 11 is 2.38. The van der Waals surface area contributed by atoms with Crippen molar-refractivity contribution < 1.29 is 8.42 Å². The third-order valence-electron chi connectivity index (χ3n) is 5.69. The number of anilines is 1. The molecule has 0 radical (unpaired) electrons. The highest BCUT2D eigenvalue weighted by molar-refractivity contribution is 14.2. The summed E-state index contributed by atoms with van der Waals surface area (Å²) in [6.45, 7) is 11.1. The lowest BCUT2D eigenvalue weighted by Gasteiger charge is -2.39. The van der Waals surface area contributed by atoms with Crippen molar-refractivity contribution in [2.24, 2.45) is 5.92 Å². The molecule has 1 aromatic carbocycles. The van der Waals surface area contributed by atoms with Gasteiger partial charge in [0.25, 0.3) is 0 Å². The second kappa shape index (κ2) is 9.65. The molecule has 0 aromatic heterocycles. The van der Waals surface area contributed by atoms with E-state index in [1.807, 2.05) is 27.3 Å². The zero-order valence-electron chi connectivity index (χ0n) is 16.2. The predicted molar refractivity (Wildman–Crippen MR) is 123 cm³/mol. The quantitative estimate of drug-likeness (QED) is 0.419. The molecule has 5 nitrogen and oxygen atoms in total. The fraction of sp³-hybridized carbons (Fsp3) is 0.684. The molecule has 0 amide bonds. The molecule has 0 N–H and O–H groups in total. The van der Waals surface area contributed by atoms with Crippen LogP contribution in [-0.4, -0.2) is 68.7 Å². The van der Waals surface area contributed by atoms with Crippen LogP contribution in [0.15, 0.2) is 29.2 Å². The molecule has 2 aliphatic rings. The summed E-state index contributed by atoms with van der Waals surface area (Å²) < 4.78 is 27.4. The average molecular weight is 524 g/mol. The van der Waals surface area contributed by atoms with Crippen LogP contribution in [0, 0.1) is 5.92 Å². The van der Waals surface area contributed by atoms with Gasteiger partial charge in [0.1, 0.15) is 0 Å². The Balaban J connectivity index is 1.54. The predicted octanol–water partition coefficient (Wildman–Crippen LogP) is 3.70. The lowest BCUT2D eigenvalue weighted by Crippen LogP contribution is -2.48. The van der Waals surface area contributed by atoms with Crippen LogP contribution in [-0.2, 0) is 9.84 Å². The van der Waals surface area contributed by atoms with Gasteiger partial charge in [-0.25, -0.2) is 12.7 Å². The lowest BCUT2D eigenvalue weighted by molar-refractivity contribution is 0.180. The highest BCUT2D eigenvalue weighted by Crippen LogP contribution is 2.28. The van der Waals surface area contributed by atoms with Gasteiger partial charge in [-0.05, 0) is 59.9 Å². The minimum atomic E-state index is -3.22. The maximum Gasteiger partial charge on any atom is 0.180 e. The highest BCUT2D eigenvalue weighted by atomic mass is 127. The van der Waals surface area contributed by atoms with Crippen molar-refractivity contribution in [3.8, 4) is 0 Å². The van der Waals surface area contributed by atoms with Crippen LogP contribution < -0.4 is 4.90 Å². The molecule has 0 aliphatic carbocycles. The van der Waals surface area contributed by atoms with Gasteiger partial charge in [-0.2, -0.15) is 0 Å². The molecule has 0 spiro atoms. The summed E-state index contributed by atoms with van der Waals surface area (Å²) in [4.78, 5) is 5.35. The number of sulfone groups is 1. The number of halogens is 1. The second-order valence-corrected chi connectivity index (χ2v) is 12.2. The number of hydrogen-bond acceptors (Lipinski definition) is 6. The van der Waals surface area contributed by atoms with Crippen LogP contribution in [0.4, 0.5) is 5.69 Å². The maximum absolute atomic E-state index is 12.5. The van der Waals surface area contributed by atoms with Crippen molar-refractivity contribution in [3.05, 3.63) is 24.3 Å². The summed E-state index contributed by atoms with van der Waals surface area (Å²) in [5, 5.41) is -0.387. The molecule has 0 unspecified atom stereocenters. The Hall–Kier alpha value is -0.0300. The van der Waals surface area contributed by atoms with Crippen molar-refractivity contribution >= 4 is 45.8 Å². The summed E-state index contributed by atoms with van der Waals surface area (Å²) in [6.07, 6.45) is 2.59. The fourth-order valence-corrected chi connectivity index (χ4v) is 6.47. The van der Waals surface area contributed by atoms with Gasteiger partial charge in [-0.15, -0.1) is 0 Å². The fourth-order valence-electron chi connectivity index (χ4n) is 3.84. The minimum absolute atomic E-state index is 0.387. The van der Waals surface area contributed by atoms with Gasteiger partial charge in [0.05, 0.1) is 10.1 Å². The van der Waals surface area contributed by atoms with E-state index < -0.39 is 9.84 Å². The Morgan fingerprint density at radius 3 is 2.37 bits per heavy atom. The van der Waals surface area contributed by atoms with E-state index in [-0.39, 0.29) is 5.25 Å². The second-order valence-electron chi connectivity index (χ2n) is 7.82. The van der Waals surface area contributed by atoms with Gasteiger partial charge in [-0.1, -0.05) is 6.07 Å². The Morgan fingerprint density at radius 1 is 1.11 bits per heavy atom. The molecular formula is C19H30IN3O2S2. The van der Waals surface area contributed by atoms with Gasteiger partial charge in [0.15, 0.2) is 9.84 Å². The summed E-state index contributed by atoms with van der Waals surface area (Å²) in [5.74, 6) is 0.816. The molecule has 27 heavy (non-hydrogen) atoms. The zero-order valence-corrected chi connectivity index (χ0v) is 20.0. The molecule has 0 atom stereocenters. The average Bonchev–Trinajstić information content (AvgIpc) is 2.69. The van der Waals surface area contributed by atoms with E-state index >= 15 is 0 Å². The Morgan fingerprint density at radius 2 is 1.78 bits per heavy atom. The third-order valence-corrected chi connectivity index (χ3v) is 10.1. The molecule has 2 aliphatic heterocycles. The van der Waals surface area contributed by atoms with Crippen LogP contribution in [0.5, 0.6) is 0 Å². The van der Waals surface area contributed by atoms with Gasteiger partial charge in [0.2, 0.25) is 0 Å². The molecule has 8 heteroatoms. The van der Waals surface area contributed by atoms with E-state index in [9.17, 15) is 8.42 Å². The van der Waals surface area contributed by atoms with Crippen LogP contribution in [0.1, 0.15) is 26.7 Å². The van der Waals surface area contributed by atoms with E-state index in [0.717, 1.165) is 37.8 Å². The number of benzene rings is 1. The molecule has 2 fully saturated rings. The van der Waals surface area contributed by atoms with E-state index in [0.29, 0.717) is 4.90 Å². The van der Waals surface area contributed by atoms with Crippen molar-refractivity contribution in [1.29, 1.82) is 0 Å². The Kier molecular flexibility index (Phi) is 7.74. The van der Waals surface area contributed by atoms with E-state index in [4.69, 9.17) is 0 Å². The van der Waals surface area contributed by atoms with Crippen LogP contribution in [0.25, 0.3) is 0 Å². The van der Waals surface area contributed by atoms with Gasteiger partial charge >= 0.3 is 0 Å². The Labute approximate surface area is 180 Å². The third kappa shape index (κ3) is 5.52. The molecule has 1 aromatic rings. The van der Waals surface area contributed by atoms with Gasteiger partial charge < -0.3 is 4.90 Å². The number of piperazine rings is 1. The molecular weight excluding hydrogens is 493 g/mol. The first kappa shape index (κ1) is 21.7. The standard InChI is InChI=1S/C19H30IN3O2S2/c1-16(2)27(24,25)19-5-3-4-18(14-19)22-12-10-21(11-13-22)15-17-6-8-23(26-20)9-7-17/h3-5,14,16-17H,6-13,15H2,1-2H3. The van der Waals surface area contributed by atoms with E-state index in [1.165, 1.54) is 32.5 Å². The number of rotatable bonds is 6. The molecule has 2 saturated heterocycles. The van der Waals surface area contributed by atoms with Crippen molar-refractivity contribution in [1.82, 2.24) is 9.21 Å². The molecule has 3 rings (SSSR count). The normalized spacial score (nSPS) is 21.1. The van der Waals surface area contributed by atoms with Crippen molar-refractivity contribution in [2.45, 2.75) is 36.8 Å². The number of hydrogen-bond donors (Lipinski definition) is 0. The van der Waals surface area contributed by atoms with E-state index in [2.05, 4.69) is 35.3 Å². The Bertz CT molecular complexity index is 713. The molecule has 2 heterocycles. The van der Waals surface area contributed by atoms with Gasteiger partial charge in [-0.3, -0.25) is 4.90 Å². The topological polar surface area (TPSA) is 43.9 Å². The summed E-state index contributed by atoms with van der Waals surface area (Å²) in [6, 6.07) is 7.47. The molecule has 152 valence electrons. The first-order chi connectivity index (χ1) is 12.9. The smallest absolute Gasteiger partial charge is 0.180 e. The zero-order chi connectivity index (χ0) is 19.4. The summed E-state index contributed by atoms with van der Waals surface area (Å²) in [7, 11) is -1.38. The van der Waals surface area contributed by atoms with Crippen molar-refractivity contribution in [2.75, 3.05) is 50.7 Å². The SMILES string of the molecule is CC(C)S(=O)(=O)c1cccc(N2CCN(CC3CCN(SI)CC3)CC2)c1. The monoisotopic (exact) mass is 523 g/mol. The number of nitrogens with zero attached hydrogens (tertiary/aromatic N) is 3.